The number of nitrogens with one attached hydrogen (secondary N) is 2. The van der Waals surface area contributed by atoms with Crippen molar-refractivity contribution in [1.29, 1.82) is 0 Å². The van der Waals surface area contributed by atoms with E-state index in [1.165, 1.54) is 9.80 Å². The van der Waals surface area contributed by atoms with E-state index in [2.05, 4.69) is 10.9 Å². The van der Waals surface area contributed by atoms with Gasteiger partial charge in [0, 0.05) is 18.5 Å². The molecule has 2 saturated heterocycles. The lowest BCUT2D eigenvalue weighted by molar-refractivity contribution is -0.151. The fraction of sp³-hybridized carbons (Fsp3) is 0.560. The summed E-state index contributed by atoms with van der Waals surface area (Å²) in [6.45, 7) is 6.02. The van der Waals surface area contributed by atoms with Crippen LogP contribution in [0.5, 0.6) is 0 Å². The number of amides is 4. The molecule has 2 atom stereocenters. The van der Waals surface area contributed by atoms with E-state index in [4.69, 9.17) is 4.74 Å². The van der Waals surface area contributed by atoms with E-state index in [-0.39, 0.29) is 6.61 Å². The van der Waals surface area contributed by atoms with Gasteiger partial charge in [0.15, 0.2) is 0 Å². The second-order valence-corrected chi connectivity index (χ2v) is 9.59. The molecule has 2 aliphatic rings. The Kier molecular flexibility index (Phi) is 8.48. The highest BCUT2D eigenvalue weighted by atomic mass is 16.6. The first kappa shape index (κ1) is 26.2. The smallest absolute Gasteiger partial charge is 0.410 e. The molecule has 190 valence electrons. The number of hydrogen-bond donors (Lipinski definition) is 2. The van der Waals surface area contributed by atoms with Crippen molar-refractivity contribution in [2.24, 2.45) is 5.41 Å². The summed E-state index contributed by atoms with van der Waals surface area (Å²) in [6.07, 6.45) is 1.96. The topological polar surface area (TPSA) is 125 Å². The first-order valence-electron chi connectivity index (χ1n) is 12.1. The molecule has 4 amide bonds. The van der Waals surface area contributed by atoms with Gasteiger partial charge in [-0.05, 0) is 37.7 Å². The van der Waals surface area contributed by atoms with Crippen molar-refractivity contribution in [2.75, 3.05) is 13.1 Å². The molecular formula is C25H34N4O6. The van der Waals surface area contributed by atoms with Gasteiger partial charge in [0.1, 0.15) is 18.7 Å². The van der Waals surface area contributed by atoms with Crippen molar-refractivity contribution < 1.29 is 28.7 Å². The first-order valence-corrected chi connectivity index (χ1v) is 12.1. The number of nitrogens with zero attached hydrogens (tertiary/aromatic N) is 2. The molecule has 0 bridgehead atoms. The molecule has 3 rings (SSSR count). The highest BCUT2D eigenvalue weighted by Crippen LogP contribution is 2.25. The monoisotopic (exact) mass is 486 g/mol. The third-order valence-electron chi connectivity index (χ3n) is 6.81. The Morgan fingerprint density at radius 2 is 1.46 bits per heavy atom. The minimum Gasteiger partial charge on any atom is -0.445 e. The van der Waals surface area contributed by atoms with Crippen LogP contribution in [0.4, 0.5) is 4.79 Å². The van der Waals surface area contributed by atoms with Gasteiger partial charge in [-0.3, -0.25) is 34.9 Å². The van der Waals surface area contributed by atoms with Gasteiger partial charge in [0.2, 0.25) is 5.78 Å². The molecule has 2 heterocycles. The van der Waals surface area contributed by atoms with E-state index in [0.717, 1.165) is 5.56 Å². The number of carbonyl (C=O) groups excluding carboxylic acids is 5. The fourth-order valence-corrected chi connectivity index (χ4v) is 4.21. The minimum absolute atomic E-state index is 0.0976. The second kappa shape index (κ2) is 11.3. The summed E-state index contributed by atoms with van der Waals surface area (Å²) in [7, 11) is 0. The van der Waals surface area contributed by atoms with Gasteiger partial charge >= 0.3 is 6.09 Å². The number of hydrazine groups is 1. The summed E-state index contributed by atoms with van der Waals surface area (Å²) in [5.41, 5.74) is 4.78. The molecule has 0 radical (unpaired) electrons. The Balaban J connectivity index is 1.53. The van der Waals surface area contributed by atoms with Gasteiger partial charge < -0.3 is 9.64 Å². The van der Waals surface area contributed by atoms with Crippen molar-refractivity contribution in [2.45, 2.75) is 71.6 Å². The van der Waals surface area contributed by atoms with Crippen LogP contribution in [-0.2, 0) is 30.5 Å². The SMILES string of the molecule is CCC(C)(C)C(=O)C(=O)N1CCC[C@H]1C(=O)NNC(=O)[C@@H]1CCCN1C(=O)OCc1ccccc1. The summed E-state index contributed by atoms with van der Waals surface area (Å²) >= 11 is 0. The number of Topliss-reactive ketones (excluding diaryl/α,β-unsaturated/α-hetero) is 1. The predicted molar refractivity (Wildman–Crippen MR) is 126 cm³/mol. The van der Waals surface area contributed by atoms with Crippen LogP contribution >= 0.6 is 0 Å². The number of ether oxygens (including phenoxy) is 1. The molecule has 0 saturated carbocycles. The van der Waals surface area contributed by atoms with Crippen molar-refractivity contribution in [3.05, 3.63) is 35.9 Å². The van der Waals surface area contributed by atoms with Gasteiger partial charge in [-0.15, -0.1) is 0 Å². The highest BCUT2D eigenvalue weighted by Gasteiger charge is 2.41. The molecule has 1 aromatic carbocycles. The number of ketones is 1. The number of likely N-dealkylation sites (tertiary alicyclic amines) is 2. The molecule has 10 heteroatoms. The van der Waals surface area contributed by atoms with E-state index in [9.17, 15) is 24.0 Å². The van der Waals surface area contributed by atoms with E-state index < -0.39 is 47.1 Å². The molecule has 0 unspecified atom stereocenters. The third-order valence-corrected chi connectivity index (χ3v) is 6.81. The standard InChI is InChI=1S/C25H34N4O6/c1-4-25(2,3)20(30)23(33)28-14-8-12-18(28)21(31)26-27-22(32)19-13-9-15-29(19)24(34)35-16-17-10-6-5-7-11-17/h5-7,10-11,18-19H,4,8-9,12-16H2,1-3H3,(H,26,31)(H,27,32)/t18-,19-/m0/s1. The van der Waals surface area contributed by atoms with Crippen LogP contribution in [0.1, 0.15) is 58.4 Å². The Bertz CT molecular complexity index is 964. The van der Waals surface area contributed by atoms with Crippen molar-refractivity contribution in [3.63, 3.8) is 0 Å². The third kappa shape index (κ3) is 6.17. The molecule has 10 nitrogen and oxygen atoms in total. The lowest BCUT2D eigenvalue weighted by Crippen LogP contribution is -2.56. The maximum absolute atomic E-state index is 12.8. The molecule has 2 aliphatic heterocycles. The zero-order chi connectivity index (χ0) is 25.6. The van der Waals surface area contributed by atoms with Gasteiger partial charge in [-0.2, -0.15) is 0 Å². The first-order chi connectivity index (χ1) is 16.7. The van der Waals surface area contributed by atoms with Crippen molar-refractivity contribution in [3.8, 4) is 0 Å². The maximum atomic E-state index is 12.8. The largest absolute Gasteiger partial charge is 0.445 e. The molecule has 0 spiro atoms. The molecule has 0 aromatic heterocycles. The Labute approximate surface area is 205 Å². The zero-order valence-electron chi connectivity index (χ0n) is 20.5. The number of hydrogen-bond acceptors (Lipinski definition) is 6. The lowest BCUT2D eigenvalue weighted by atomic mass is 9.84. The molecule has 35 heavy (non-hydrogen) atoms. The van der Waals surface area contributed by atoms with Crippen LogP contribution in [0.15, 0.2) is 30.3 Å². The van der Waals surface area contributed by atoms with Crippen LogP contribution in [0.2, 0.25) is 0 Å². The lowest BCUT2D eigenvalue weighted by Gasteiger charge is -2.28. The summed E-state index contributed by atoms with van der Waals surface area (Å²) in [6, 6.07) is 7.62. The van der Waals surface area contributed by atoms with Gasteiger partial charge in [0.05, 0.1) is 0 Å². The van der Waals surface area contributed by atoms with Crippen LogP contribution in [0.25, 0.3) is 0 Å². The number of rotatable bonds is 7. The number of benzene rings is 1. The second-order valence-electron chi connectivity index (χ2n) is 9.59. The molecule has 2 N–H and O–H groups in total. The fourth-order valence-electron chi connectivity index (χ4n) is 4.21. The normalized spacial score (nSPS) is 19.9. The molecule has 0 aliphatic carbocycles. The van der Waals surface area contributed by atoms with Crippen molar-refractivity contribution in [1.82, 2.24) is 20.7 Å². The van der Waals surface area contributed by atoms with Gasteiger partial charge in [0.25, 0.3) is 17.7 Å². The zero-order valence-corrected chi connectivity index (χ0v) is 20.5. The van der Waals surface area contributed by atoms with E-state index >= 15 is 0 Å². The van der Waals surface area contributed by atoms with Crippen LogP contribution in [-0.4, -0.2) is 64.6 Å². The van der Waals surface area contributed by atoms with E-state index in [1.54, 1.807) is 13.8 Å². The highest BCUT2D eigenvalue weighted by molar-refractivity contribution is 6.38. The summed E-state index contributed by atoms with van der Waals surface area (Å²) in [5, 5.41) is 0. The van der Waals surface area contributed by atoms with Crippen LogP contribution in [0, 0.1) is 5.41 Å². The van der Waals surface area contributed by atoms with Crippen molar-refractivity contribution >= 4 is 29.6 Å². The Hall–Kier alpha value is -3.43. The molecular weight excluding hydrogens is 452 g/mol. The predicted octanol–water partition coefficient (Wildman–Crippen LogP) is 1.93. The van der Waals surface area contributed by atoms with Crippen LogP contribution in [0.3, 0.4) is 0 Å². The average molecular weight is 487 g/mol. The summed E-state index contributed by atoms with van der Waals surface area (Å²) in [4.78, 5) is 66.0. The summed E-state index contributed by atoms with van der Waals surface area (Å²) in [5.74, 6) is -2.31. The molecule has 2 fully saturated rings. The minimum atomic E-state index is -0.838. The Morgan fingerprint density at radius 3 is 2.03 bits per heavy atom. The number of carbonyl (C=O) groups is 5. The summed E-state index contributed by atoms with van der Waals surface area (Å²) < 4.78 is 5.34. The quantitative estimate of drug-likeness (QED) is 0.448. The maximum Gasteiger partial charge on any atom is 0.410 e. The molecule has 1 aromatic rings. The van der Waals surface area contributed by atoms with Gasteiger partial charge in [-0.1, -0.05) is 51.1 Å². The Morgan fingerprint density at radius 1 is 0.914 bits per heavy atom. The van der Waals surface area contributed by atoms with E-state index in [1.807, 2.05) is 37.3 Å². The average Bonchev–Trinajstić information content (AvgIpc) is 3.55. The van der Waals surface area contributed by atoms with E-state index in [0.29, 0.717) is 45.2 Å². The van der Waals surface area contributed by atoms with Crippen LogP contribution < -0.4 is 10.9 Å². The van der Waals surface area contributed by atoms with Gasteiger partial charge in [-0.25, -0.2) is 4.79 Å².